The maximum absolute atomic E-state index is 12.3. The van der Waals surface area contributed by atoms with Crippen molar-refractivity contribution in [3.05, 3.63) is 46.3 Å². The van der Waals surface area contributed by atoms with Crippen molar-refractivity contribution < 1.29 is 18.8 Å². The summed E-state index contributed by atoms with van der Waals surface area (Å²) in [7, 11) is 1.38. The molecule has 1 aromatic carbocycles. The molecule has 1 N–H and O–H groups in total. The van der Waals surface area contributed by atoms with Gasteiger partial charge in [0.2, 0.25) is 5.91 Å². The molecule has 0 bridgehead atoms. The average molecular weight is 343 g/mol. The van der Waals surface area contributed by atoms with E-state index in [2.05, 4.69) is 10.5 Å². The standard InChI is InChI=1S/C18H21N3O4/c1-11-16(12(2)25-20-11)9-17(22)19-15-5-4-13-6-7-21(18(23)24-3)10-14(13)8-15/h4-5,8H,6-7,9-10H2,1-3H3,(H,19,22). The Kier molecular flexibility index (Phi) is 4.74. The van der Waals surface area contributed by atoms with Gasteiger partial charge in [-0.3, -0.25) is 4.79 Å². The number of anilines is 1. The molecule has 7 nitrogen and oxygen atoms in total. The fraction of sp³-hybridized carbons (Fsp3) is 0.389. The quantitative estimate of drug-likeness (QED) is 0.926. The van der Waals surface area contributed by atoms with E-state index in [1.807, 2.05) is 25.1 Å². The number of carbonyl (C=O) groups is 2. The molecule has 2 amide bonds. The molecule has 0 spiro atoms. The third kappa shape index (κ3) is 3.65. The van der Waals surface area contributed by atoms with E-state index in [1.165, 1.54) is 12.7 Å². The van der Waals surface area contributed by atoms with Crippen LogP contribution in [-0.2, 0) is 28.9 Å². The third-order valence-corrected chi connectivity index (χ3v) is 4.45. The van der Waals surface area contributed by atoms with Gasteiger partial charge in [-0.25, -0.2) is 4.79 Å². The smallest absolute Gasteiger partial charge is 0.409 e. The number of nitrogens with zero attached hydrogens (tertiary/aromatic N) is 2. The Morgan fingerprint density at radius 2 is 2.12 bits per heavy atom. The molecule has 25 heavy (non-hydrogen) atoms. The third-order valence-electron chi connectivity index (χ3n) is 4.45. The maximum atomic E-state index is 12.3. The van der Waals surface area contributed by atoms with Gasteiger partial charge in [0.1, 0.15) is 5.76 Å². The molecule has 0 radical (unpaired) electrons. The van der Waals surface area contributed by atoms with Crippen molar-refractivity contribution in [3.63, 3.8) is 0 Å². The van der Waals surface area contributed by atoms with Crippen molar-refractivity contribution >= 4 is 17.7 Å². The van der Waals surface area contributed by atoms with Crippen LogP contribution in [0.2, 0.25) is 0 Å². The van der Waals surface area contributed by atoms with Gasteiger partial charge in [0.15, 0.2) is 0 Å². The van der Waals surface area contributed by atoms with Crippen molar-refractivity contribution in [2.24, 2.45) is 0 Å². The number of aromatic nitrogens is 1. The van der Waals surface area contributed by atoms with Crippen LogP contribution >= 0.6 is 0 Å². The summed E-state index contributed by atoms with van der Waals surface area (Å²) in [5, 5.41) is 6.76. The number of amides is 2. The van der Waals surface area contributed by atoms with Crippen LogP contribution in [0, 0.1) is 13.8 Å². The van der Waals surface area contributed by atoms with Gasteiger partial charge in [-0.1, -0.05) is 11.2 Å². The van der Waals surface area contributed by atoms with Gasteiger partial charge in [-0.05, 0) is 43.5 Å². The second-order valence-corrected chi connectivity index (χ2v) is 6.15. The zero-order valence-electron chi connectivity index (χ0n) is 14.6. The molecule has 3 rings (SSSR count). The van der Waals surface area contributed by atoms with E-state index < -0.39 is 0 Å². The fourth-order valence-corrected chi connectivity index (χ4v) is 3.04. The molecule has 0 atom stereocenters. The molecule has 2 heterocycles. The Balaban J connectivity index is 1.70. The molecule has 0 fully saturated rings. The highest BCUT2D eigenvalue weighted by Crippen LogP contribution is 2.23. The highest BCUT2D eigenvalue weighted by molar-refractivity contribution is 5.92. The first-order valence-corrected chi connectivity index (χ1v) is 8.14. The summed E-state index contributed by atoms with van der Waals surface area (Å²) >= 11 is 0. The highest BCUT2D eigenvalue weighted by atomic mass is 16.5. The van der Waals surface area contributed by atoms with Crippen LogP contribution in [0.1, 0.15) is 28.1 Å². The highest BCUT2D eigenvalue weighted by Gasteiger charge is 2.21. The lowest BCUT2D eigenvalue weighted by molar-refractivity contribution is -0.115. The number of hydrogen-bond donors (Lipinski definition) is 1. The van der Waals surface area contributed by atoms with E-state index in [9.17, 15) is 9.59 Å². The molecule has 1 aliphatic heterocycles. The summed E-state index contributed by atoms with van der Waals surface area (Å²) in [6.45, 7) is 4.73. The van der Waals surface area contributed by atoms with E-state index >= 15 is 0 Å². The lowest BCUT2D eigenvalue weighted by Crippen LogP contribution is -2.35. The van der Waals surface area contributed by atoms with Crippen LogP contribution in [0.15, 0.2) is 22.7 Å². The molecule has 1 aliphatic rings. The minimum Gasteiger partial charge on any atom is -0.453 e. The molecule has 0 aliphatic carbocycles. The molecule has 0 saturated carbocycles. The van der Waals surface area contributed by atoms with Crippen molar-refractivity contribution in [1.82, 2.24) is 10.1 Å². The molecule has 0 saturated heterocycles. The van der Waals surface area contributed by atoms with E-state index in [0.29, 0.717) is 24.5 Å². The number of hydrogen-bond acceptors (Lipinski definition) is 5. The van der Waals surface area contributed by atoms with Gasteiger partial charge >= 0.3 is 6.09 Å². The summed E-state index contributed by atoms with van der Waals surface area (Å²) in [6, 6.07) is 5.79. The number of fused-ring (bicyclic) bond motifs is 1. The van der Waals surface area contributed by atoms with Gasteiger partial charge in [0.25, 0.3) is 0 Å². The first-order chi connectivity index (χ1) is 12.0. The molecule has 0 unspecified atom stereocenters. The van der Waals surface area contributed by atoms with E-state index in [0.717, 1.165) is 23.2 Å². The van der Waals surface area contributed by atoms with Gasteiger partial charge in [-0.2, -0.15) is 0 Å². The first kappa shape index (κ1) is 17.0. The number of benzene rings is 1. The topological polar surface area (TPSA) is 84.7 Å². The number of rotatable bonds is 3. The van der Waals surface area contributed by atoms with Crippen LogP contribution in [-0.4, -0.2) is 35.7 Å². The summed E-state index contributed by atoms with van der Waals surface area (Å²) in [4.78, 5) is 25.7. The second-order valence-electron chi connectivity index (χ2n) is 6.15. The maximum Gasteiger partial charge on any atom is 0.409 e. The molecule has 7 heteroatoms. The Morgan fingerprint density at radius 3 is 2.80 bits per heavy atom. The number of nitrogens with one attached hydrogen (secondary N) is 1. The number of ether oxygens (including phenoxy) is 1. The average Bonchev–Trinajstić information content (AvgIpc) is 2.92. The summed E-state index contributed by atoms with van der Waals surface area (Å²) < 4.78 is 9.87. The van der Waals surface area contributed by atoms with Gasteiger partial charge in [0, 0.05) is 24.3 Å². The predicted octanol–water partition coefficient (Wildman–Crippen LogP) is 2.60. The van der Waals surface area contributed by atoms with Crippen LogP contribution < -0.4 is 5.32 Å². The van der Waals surface area contributed by atoms with Gasteiger partial charge in [-0.15, -0.1) is 0 Å². The largest absolute Gasteiger partial charge is 0.453 e. The van der Waals surface area contributed by atoms with E-state index in [1.54, 1.807) is 11.8 Å². The van der Waals surface area contributed by atoms with E-state index in [-0.39, 0.29) is 18.4 Å². The van der Waals surface area contributed by atoms with Crippen molar-refractivity contribution in [3.8, 4) is 0 Å². The van der Waals surface area contributed by atoms with Crippen LogP contribution in [0.5, 0.6) is 0 Å². The van der Waals surface area contributed by atoms with Crippen molar-refractivity contribution in [2.45, 2.75) is 33.2 Å². The Hall–Kier alpha value is -2.83. The summed E-state index contributed by atoms with van der Waals surface area (Å²) in [5.41, 5.74) is 4.46. The normalized spacial score (nSPS) is 13.3. The number of aryl methyl sites for hydroxylation is 2. The van der Waals surface area contributed by atoms with Gasteiger partial charge in [0.05, 0.1) is 19.2 Å². The monoisotopic (exact) mass is 343 g/mol. The fourth-order valence-electron chi connectivity index (χ4n) is 3.04. The van der Waals surface area contributed by atoms with E-state index in [4.69, 9.17) is 9.26 Å². The molecule has 132 valence electrons. The molecule has 2 aromatic rings. The molecular formula is C18H21N3O4. The minimum atomic E-state index is -0.335. The van der Waals surface area contributed by atoms with Crippen LogP contribution in [0.25, 0.3) is 0 Å². The van der Waals surface area contributed by atoms with Crippen LogP contribution in [0.4, 0.5) is 10.5 Å². The Morgan fingerprint density at radius 1 is 1.32 bits per heavy atom. The second kappa shape index (κ2) is 6.96. The summed E-state index contributed by atoms with van der Waals surface area (Å²) in [6.07, 6.45) is 0.656. The zero-order chi connectivity index (χ0) is 18.0. The predicted molar refractivity (Wildman–Crippen MR) is 91.3 cm³/mol. The van der Waals surface area contributed by atoms with Crippen molar-refractivity contribution in [2.75, 3.05) is 19.0 Å². The van der Waals surface area contributed by atoms with Crippen molar-refractivity contribution in [1.29, 1.82) is 0 Å². The van der Waals surface area contributed by atoms with Crippen LogP contribution in [0.3, 0.4) is 0 Å². The number of carbonyl (C=O) groups excluding carboxylic acids is 2. The number of methoxy groups -OCH3 is 1. The Labute approximate surface area is 145 Å². The lowest BCUT2D eigenvalue weighted by atomic mass is 9.99. The lowest BCUT2D eigenvalue weighted by Gasteiger charge is -2.28. The van der Waals surface area contributed by atoms with Gasteiger partial charge < -0.3 is 19.5 Å². The summed E-state index contributed by atoms with van der Waals surface area (Å²) in [5.74, 6) is 0.529. The molecule has 1 aromatic heterocycles. The first-order valence-electron chi connectivity index (χ1n) is 8.14. The SMILES string of the molecule is COC(=O)N1CCc2ccc(NC(=O)Cc3c(C)noc3C)cc2C1. The minimum absolute atomic E-state index is 0.130. The zero-order valence-corrected chi connectivity index (χ0v) is 14.6. The molecular weight excluding hydrogens is 322 g/mol. The Bertz CT molecular complexity index is 793.